The molecule has 3 nitrogen and oxygen atoms in total. The predicted molar refractivity (Wildman–Crippen MR) is 57.5 cm³/mol. The van der Waals surface area contributed by atoms with Gasteiger partial charge in [-0.2, -0.15) is 0 Å². The van der Waals surface area contributed by atoms with Crippen LogP contribution in [0.15, 0.2) is 18.3 Å². The fraction of sp³-hybridized carbons (Fsp3) is 0.273. The fourth-order valence-electron chi connectivity index (χ4n) is 1.81. The van der Waals surface area contributed by atoms with Gasteiger partial charge in [0.1, 0.15) is 5.75 Å². The normalized spacial score (nSPS) is 10.8. The minimum Gasteiger partial charge on any atom is -0.495 e. The molecule has 0 atom stereocenters. The summed E-state index contributed by atoms with van der Waals surface area (Å²) >= 11 is 0. The lowest BCUT2D eigenvalue weighted by Gasteiger charge is -2.05. The first-order chi connectivity index (χ1) is 6.77. The van der Waals surface area contributed by atoms with E-state index >= 15 is 0 Å². The molecule has 1 aromatic heterocycles. The van der Waals surface area contributed by atoms with E-state index in [1.165, 1.54) is 10.9 Å². The Morgan fingerprint density at radius 2 is 2.21 bits per heavy atom. The summed E-state index contributed by atoms with van der Waals surface area (Å²) in [6.45, 7) is 2.62. The summed E-state index contributed by atoms with van der Waals surface area (Å²) in [4.78, 5) is 3.20. The van der Waals surface area contributed by atoms with E-state index < -0.39 is 0 Å². The van der Waals surface area contributed by atoms with E-state index in [9.17, 15) is 0 Å². The maximum Gasteiger partial charge on any atom is 0.142 e. The second-order valence-electron chi connectivity index (χ2n) is 3.35. The first-order valence-electron chi connectivity index (χ1n) is 4.61. The van der Waals surface area contributed by atoms with Gasteiger partial charge in [0.2, 0.25) is 0 Å². The number of methoxy groups -OCH3 is 1. The van der Waals surface area contributed by atoms with Gasteiger partial charge < -0.3 is 15.5 Å². The van der Waals surface area contributed by atoms with Crippen LogP contribution in [0.2, 0.25) is 0 Å². The number of fused-ring (bicyclic) bond motifs is 1. The lowest BCUT2D eigenvalue weighted by molar-refractivity contribution is 0.419. The third kappa shape index (κ3) is 1.17. The van der Waals surface area contributed by atoms with Crippen molar-refractivity contribution in [2.45, 2.75) is 13.5 Å². The van der Waals surface area contributed by atoms with Crippen molar-refractivity contribution < 1.29 is 4.74 Å². The van der Waals surface area contributed by atoms with Gasteiger partial charge in [0.05, 0.1) is 12.6 Å². The summed E-state index contributed by atoms with van der Waals surface area (Å²) < 4.78 is 5.27. The summed E-state index contributed by atoms with van der Waals surface area (Å²) in [7, 11) is 1.67. The monoisotopic (exact) mass is 190 g/mol. The summed E-state index contributed by atoms with van der Waals surface area (Å²) in [5.41, 5.74) is 9.08. The average Bonchev–Trinajstić information content (AvgIpc) is 2.60. The Kier molecular flexibility index (Phi) is 2.17. The molecule has 0 bridgehead atoms. The van der Waals surface area contributed by atoms with Crippen molar-refractivity contribution >= 4 is 10.9 Å². The Morgan fingerprint density at radius 1 is 1.43 bits per heavy atom. The second kappa shape index (κ2) is 3.35. The van der Waals surface area contributed by atoms with Gasteiger partial charge in [0.25, 0.3) is 0 Å². The van der Waals surface area contributed by atoms with Crippen molar-refractivity contribution in [3.05, 3.63) is 29.5 Å². The number of nitrogens with two attached hydrogens (primary N) is 1. The number of aromatic nitrogens is 1. The van der Waals surface area contributed by atoms with E-state index in [-0.39, 0.29) is 0 Å². The van der Waals surface area contributed by atoms with Crippen LogP contribution in [0.5, 0.6) is 5.75 Å². The van der Waals surface area contributed by atoms with Crippen molar-refractivity contribution in [2.75, 3.05) is 7.11 Å². The van der Waals surface area contributed by atoms with Gasteiger partial charge >= 0.3 is 0 Å². The first kappa shape index (κ1) is 9.09. The number of nitrogens with one attached hydrogen (secondary N) is 1. The lowest BCUT2D eigenvalue weighted by atomic mass is 10.1. The highest BCUT2D eigenvalue weighted by Crippen LogP contribution is 2.29. The predicted octanol–water partition coefficient (Wildman–Crippen LogP) is 1.94. The zero-order valence-corrected chi connectivity index (χ0v) is 8.42. The average molecular weight is 190 g/mol. The van der Waals surface area contributed by atoms with E-state index in [0.717, 1.165) is 16.8 Å². The molecule has 0 amide bonds. The molecule has 2 rings (SSSR count). The van der Waals surface area contributed by atoms with Crippen LogP contribution in [-0.4, -0.2) is 12.1 Å². The number of rotatable bonds is 2. The number of ether oxygens (including phenoxy) is 1. The Labute approximate surface area is 82.9 Å². The third-order valence-corrected chi connectivity index (χ3v) is 2.52. The molecule has 0 aliphatic carbocycles. The van der Waals surface area contributed by atoms with Gasteiger partial charge in [-0.1, -0.05) is 6.07 Å². The largest absolute Gasteiger partial charge is 0.495 e. The summed E-state index contributed by atoms with van der Waals surface area (Å²) in [6, 6.07) is 3.96. The van der Waals surface area contributed by atoms with E-state index in [2.05, 4.69) is 11.9 Å². The van der Waals surface area contributed by atoms with Crippen LogP contribution >= 0.6 is 0 Å². The zero-order valence-electron chi connectivity index (χ0n) is 8.42. The van der Waals surface area contributed by atoms with Crippen molar-refractivity contribution in [1.29, 1.82) is 0 Å². The fourth-order valence-corrected chi connectivity index (χ4v) is 1.81. The van der Waals surface area contributed by atoms with Gasteiger partial charge in [0, 0.05) is 18.1 Å². The van der Waals surface area contributed by atoms with Crippen LogP contribution in [0, 0.1) is 6.92 Å². The molecule has 0 aliphatic heterocycles. The zero-order chi connectivity index (χ0) is 10.1. The number of hydrogen-bond acceptors (Lipinski definition) is 2. The topological polar surface area (TPSA) is 51.0 Å². The maximum absolute atomic E-state index is 5.68. The van der Waals surface area contributed by atoms with Gasteiger partial charge in [0.15, 0.2) is 0 Å². The highest BCUT2D eigenvalue weighted by molar-refractivity contribution is 5.91. The molecule has 3 heteroatoms. The first-order valence-corrected chi connectivity index (χ1v) is 4.61. The molecule has 0 spiro atoms. The van der Waals surface area contributed by atoms with Crippen LogP contribution in [0.4, 0.5) is 0 Å². The van der Waals surface area contributed by atoms with Crippen LogP contribution < -0.4 is 10.5 Å². The quantitative estimate of drug-likeness (QED) is 0.760. The molecular formula is C11H14N2O. The van der Waals surface area contributed by atoms with Crippen LogP contribution in [0.1, 0.15) is 11.1 Å². The van der Waals surface area contributed by atoms with E-state index in [0.29, 0.717) is 6.54 Å². The molecule has 0 aliphatic rings. The Morgan fingerprint density at radius 3 is 2.86 bits per heavy atom. The van der Waals surface area contributed by atoms with Crippen molar-refractivity contribution in [3.63, 3.8) is 0 Å². The van der Waals surface area contributed by atoms with Crippen LogP contribution in [0.25, 0.3) is 10.9 Å². The molecule has 1 aromatic carbocycles. The minimum absolute atomic E-state index is 0.555. The standard InChI is InChI=1S/C11H14N2O/c1-7-6-13-11-9(14-2)4-3-8(5-12)10(7)11/h3-4,6,13H,5,12H2,1-2H3. The van der Waals surface area contributed by atoms with Crippen LogP contribution in [0.3, 0.4) is 0 Å². The molecule has 74 valence electrons. The van der Waals surface area contributed by atoms with E-state index in [1.54, 1.807) is 7.11 Å². The molecule has 0 radical (unpaired) electrons. The number of H-pyrrole nitrogens is 1. The molecule has 2 aromatic rings. The molecule has 1 heterocycles. The molecule has 14 heavy (non-hydrogen) atoms. The number of aromatic amines is 1. The van der Waals surface area contributed by atoms with Crippen molar-refractivity contribution in [2.24, 2.45) is 5.73 Å². The van der Waals surface area contributed by atoms with E-state index in [4.69, 9.17) is 10.5 Å². The Hall–Kier alpha value is -1.48. The van der Waals surface area contributed by atoms with E-state index in [1.807, 2.05) is 18.3 Å². The Balaban J connectivity index is 2.81. The molecule has 3 N–H and O–H groups in total. The molecule has 0 unspecified atom stereocenters. The minimum atomic E-state index is 0.555. The molecule has 0 saturated carbocycles. The summed E-state index contributed by atoms with van der Waals surface area (Å²) in [5, 5.41) is 1.19. The van der Waals surface area contributed by atoms with Crippen molar-refractivity contribution in [1.82, 2.24) is 4.98 Å². The van der Waals surface area contributed by atoms with Crippen LogP contribution in [-0.2, 0) is 6.54 Å². The third-order valence-electron chi connectivity index (χ3n) is 2.52. The SMILES string of the molecule is COc1ccc(CN)c2c(C)c[nH]c12. The van der Waals surface area contributed by atoms with Gasteiger partial charge in [-0.3, -0.25) is 0 Å². The summed E-state index contributed by atoms with van der Waals surface area (Å²) in [5.74, 6) is 0.866. The highest BCUT2D eigenvalue weighted by atomic mass is 16.5. The lowest BCUT2D eigenvalue weighted by Crippen LogP contribution is -1.97. The Bertz CT molecular complexity index is 460. The number of aryl methyl sites for hydroxylation is 1. The summed E-state index contributed by atoms with van der Waals surface area (Å²) in [6.07, 6.45) is 1.98. The highest BCUT2D eigenvalue weighted by Gasteiger charge is 2.08. The maximum atomic E-state index is 5.68. The second-order valence-corrected chi connectivity index (χ2v) is 3.35. The van der Waals surface area contributed by atoms with Gasteiger partial charge in [-0.15, -0.1) is 0 Å². The van der Waals surface area contributed by atoms with Gasteiger partial charge in [-0.25, -0.2) is 0 Å². The molecular weight excluding hydrogens is 176 g/mol. The van der Waals surface area contributed by atoms with Gasteiger partial charge in [-0.05, 0) is 24.1 Å². The molecule has 0 fully saturated rings. The van der Waals surface area contributed by atoms with Crippen molar-refractivity contribution in [3.8, 4) is 5.75 Å². The smallest absolute Gasteiger partial charge is 0.142 e. The molecule has 0 saturated heterocycles. The number of hydrogen-bond donors (Lipinski definition) is 2. The number of benzene rings is 1.